The summed E-state index contributed by atoms with van der Waals surface area (Å²) in [5, 5.41) is 3.88. The second kappa shape index (κ2) is 6.53. The van der Waals surface area contributed by atoms with Gasteiger partial charge in [-0.1, -0.05) is 23.7 Å². The number of ether oxygens (including phenoxy) is 1. The standard InChI is InChI=1S/C15H19ClN2O2.ClH/c16-12-3-1-2-11-10(12)4-5-13(11)18-14(19)15(17)6-8-20-9-7-15;/h1-3,13H,4-9,17H2,(H,18,19);1H. The summed E-state index contributed by atoms with van der Waals surface area (Å²) in [6.45, 7) is 1.11. The van der Waals surface area contributed by atoms with Crippen molar-refractivity contribution in [1.82, 2.24) is 5.32 Å². The van der Waals surface area contributed by atoms with Crippen LogP contribution >= 0.6 is 24.0 Å². The first-order chi connectivity index (χ1) is 9.60. The van der Waals surface area contributed by atoms with Gasteiger partial charge in [-0.25, -0.2) is 0 Å². The fourth-order valence-electron chi connectivity index (χ4n) is 3.02. The number of rotatable bonds is 2. The average Bonchev–Trinajstić information content (AvgIpc) is 2.84. The average molecular weight is 331 g/mol. The largest absolute Gasteiger partial charge is 0.381 e. The molecule has 3 rings (SSSR count). The van der Waals surface area contributed by atoms with Gasteiger partial charge in [0.2, 0.25) is 5.91 Å². The molecular formula is C15H20Cl2N2O2. The van der Waals surface area contributed by atoms with E-state index in [-0.39, 0.29) is 24.4 Å². The highest BCUT2D eigenvalue weighted by Gasteiger charge is 2.38. The number of carbonyl (C=O) groups excluding carboxylic acids is 1. The quantitative estimate of drug-likeness (QED) is 0.874. The van der Waals surface area contributed by atoms with Crippen LogP contribution in [0.5, 0.6) is 0 Å². The van der Waals surface area contributed by atoms with E-state index in [2.05, 4.69) is 5.32 Å². The molecule has 0 radical (unpaired) electrons. The van der Waals surface area contributed by atoms with Gasteiger partial charge in [0.25, 0.3) is 0 Å². The highest BCUT2D eigenvalue weighted by molar-refractivity contribution is 6.31. The Bertz CT molecular complexity index is 530. The van der Waals surface area contributed by atoms with Crippen molar-refractivity contribution in [2.24, 2.45) is 5.73 Å². The Morgan fingerprint density at radius 1 is 1.38 bits per heavy atom. The van der Waals surface area contributed by atoms with Crippen molar-refractivity contribution in [1.29, 1.82) is 0 Å². The van der Waals surface area contributed by atoms with Gasteiger partial charge in [-0.3, -0.25) is 4.79 Å². The lowest BCUT2D eigenvalue weighted by Gasteiger charge is -2.33. The van der Waals surface area contributed by atoms with Gasteiger partial charge in [-0.2, -0.15) is 0 Å². The molecule has 1 heterocycles. The van der Waals surface area contributed by atoms with E-state index in [1.807, 2.05) is 18.2 Å². The molecule has 21 heavy (non-hydrogen) atoms. The van der Waals surface area contributed by atoms with Crippen molar-refractivity contribution >= 4 is 29.9 Å². The summed E-state index contributed by atoms with van der Waals surface area (Å²) in [7, 11) is 0. The molecule has 0 bridgehead atoms. The van der Waals surface area contributed by atoms with E-state index in [0.717, 1.165) is 29.0 Å². The maximum Gasteiger partial charge on any atom is 0.240 e. The highest BCUT2D eigenvalue weighted by atomic mass is 35.5. The molecule has 1 saturated heterocycles. The van der Waals surface area contributed by atoms with E-state index in [0.29, 0.717) is 26.1 Å². The van der Waals surface area contributed by atoms with Gasteiger partial charge >= 0.3 is 0 Å². The molecule has 116 valence electrons. The number of carbonyl (C=O) groups is 1. The van der Waals surface area contributed by atoms with Crippen LogP contribution in [0.15, 0.2) is 18.2 Å². The van der Waals surface area contributed by atoms with Crippen molar-refractivity contribution in [3.8, 4) is 0 Å². The summed E-state index contributed by atoms with van der Waals surface area (Å²) in [5.74, 6) is -0.0707. The second-order valence-electron chi connectivity index (χ2n) is 5.64. The Morgan fingerprint density at radius 2 is 2.10 bits per heavy atom. The van der Waals surface area contributed by atoms with E-state index >= 15 is 0 Å². The number of benzene rings is 1. The first-order valence-corrected chi connectivity index (χ1v) is 7.43. The van der Waals surface area contributed by atoms with Crippen molar-refractivity contribution in [3.63, 3.8) is 0 Å². The molecule has 4 nitrogen and oxygen atoms in total. The number of halogens is 2. The van der Waals surface area contributed by atoms with E-state index in [4.69, 9.17) is 22.1 Å². The zero-order valence-corrected chi connectivity index (χ0v) is 13.3. The van der Waals surface area contributed by atoms with Crippen molar-refractivity contribution in [2.45, 2.75) is 37.3 Å². The lowest BCUT2D eigenvalue weighted by molar-refractivity contribution is -0.130. The van der Waals surface area contributed by atoms with Gasteiger partial charge < -0.3 is 15.8 Å². The zero-order chi connectivity index (χ0) is 14.2. The van der Waals surface area contributed by atoms with Gasteiger partial charge in [0.1, 0.15) is 0 Å². The minimum atomic E-state index is -0.792. The fourth-order valence-corrected chi connectivity index (χ4v) is 3.30. The Hall–Kier alpha value is -0.810. The number of hydrogen-bond acceptors (Lipinski definition) is 3. The predicted molar refractivity (Wildman–Crippen MR) is 84.9 cm³/mol. The first kappa shape index (κ1) is 16.6. The molecular weight excluding hydrogens is 311 g/mol. The van der Waals surface area contributed by atoms with Crippen LogP contribution in [-0.4, -0.2) is 24.7 Å². The number of nitrogens with two attached hydrogens (primary N) is 1. The minimum absolute atomic E-state index is 0. The van der Waals surface area contributed by atoms with Crippen LogP contribution in [0.2, 0.25) is 5.02 Å². The molecule has 1 unspecified atom stereocenters. The molecule has 1 aliphatic heterocycles. The van der Waals surface area contributed by atoms with Gasteiger partial charge in [0, 0.05) is 18.2 Å². The molecule has 0 saturated carbocycles. The minimum Gasteiger partial charge on any atom is -0.381 e. The lowest BCUT2D eigenvalue weighted by atomic mass is 9.90. The summed E-state index contributed by atoms with van der Waals surface area (Å²) >= 11 is 6.19. The molecule has 1 fully saturated rings. The molecule has 1 aromatic rings. The van der Waals surface area contributed by atoms with Crippen LogP contribution in [0.3, 0.4) is 0 Å². The third kappa shape index (κ3) is 3.19. The molecule has 1 amide bonds. The van der Waals surface area contributed by atoms with Crippen molar-refractivity contribution in [3.05, 3.63) is 34.3 Å². The summed E-state index contributed by atoms with van der Waals surface area (Å²) in [4.78, 5) is 12.4. The van der Waals surface area contributed by atoms with Crippen LogP contribution in [0.1, 0.15) is 36.4 Å². The Labute approximate surface area is 135 Å². The van der Waals surface area contributed by atoms with E-state index < -0.39 is 5.54 Å². The maximum atomic E-state index is 12.4. The normalized spacial score (nSPS) is 23.0. The molecule has 2 aliphatic rings. The molecule has 3 N–H and O–H groups in total. The van der Waals surface area contributed by atoms with Crippen LogP contribution in [0.4, 0.5) is 0 Å². The first-order valence-electron chi connectivity index (χ1n) is 7.05. The van der Waals surface area contributed by atoms with Crippen LogP contribution in [-0.2, 0) is 16.0 Å². The molecule has 1 atom stereocenters. The summed E-state index contributed by atoms with van der Waals surface area (Å²) in [6.07, 6.45) is 2.94. The topological polar surface area (TPSA) is 64.4 Å². The van der Waals surface area contributed by atoms with E-state index in [1.54, 1.807) is 0 Å². The van der Waals surface area contributed by atoms with Gasteiger partial charge in [-0.05, 0) is 42.9 Å². The summed E-state index contributed by atoms with van der Waals surface area (Å²) < 4.78 is 5.28. The monoisotopic (exact) mass is 330 g/mol. The van der Waals surface area contributed by atoms with E-state index in [1.165, 1.54) is 0 Å². The SMILES string of the molecule is Cl.NC1(C(=O)NC2CCc3c(Cl)cccc32)CCOCC1. The van der Waals surface area contributed by atoms with Gasteiger partial charge in [0.05, 0.1) is 11.6 Å². The van der Waals surface area contributed by atoms with Gasteiger partial charge in [0.15, 0.2) is 0 Å². The lowest BCUT2D eigenvalue weighted by Crippen LogP contribution is -2.57. The van der Waals surface area contributed by atoms with Gasteiger partial charge in [-0.15, -0.1) is 12.4 Å². The number of fused-ring (bicyclic) bond motifs is 1. The molecule has 0 spiro atoms. The number of amides is 1. The number of hydrogen-bond donors (Lipinski definition) is 2. The highest BCUT2D eigenvalue weighted by Crippen LogP contribution is 2.35. The molecule has 6 heteroatoms. The van der Waals surface area contributed by atoms with Crippen LogP contribution < -0.4 is 11.1 Å². The summed E-state index contributed by atoms with van der Waals surface area (Å²) in [5.41, 5.74) is 7.70. The zero-order valence-electron chi connectivity index (χ0n) is 11.7. The predicted octanol–water partition coefficient (Wildman–Crippen LogP) is 2.37. The molecule has 0 aromatic heterocycles. The maximum absolute atomic E-state index is 12.4. The van der Waals surface area contributed by atoms with E-state index in [9.17, 15) is 4.79 Å². The van der Waals surface area contributed by atoms with Crippen molar-refractivity contribution in [2.75, 3.05) is 13.2 Å². The smallest absolute Gasteiger partial charge is 0.240 e. The molecule has 1 aromatic carbocycles. The fraction of sp³-hybridized carbons (Fsp3) is 0.533. The Morgan fingerprint density at radius 3 is 2.81 bits per heavy atom. The summed E-state index contributed by atoms with van der Waals surface area (Å²) in [6, 6.07) is 5.89. The Balaban J connectivity index is 0.00000161. The Kier molecular flexibility index (Phi) is 5.15. The van der Waals surface area contributed by atoms with Crippen LogP contribution in [0.25, 0.3) is 0 Å². The number of nitrogens with one attached hydrogen (secondary N) is 1. The third-order valence-electron chi connectivity index (χ3n) is 4.36. The second-order valence-corrected chi connectivity index (χ2v) is 6.05. The third-order valence-corrected chi connectivity index (χ3v) is 4.71. The van der Waals surface area contributed by atoms with Crippen molar-refractivity contribution < 1.29 is 9.53 Å². The van der Waals surface area contributed by atoms with Crippen LogP contribution in [0, 0.1) is 0 Å². The molecule has 1 aliphatic carbocycles.